The van der Waals surface area contributed by atoms with Gasteiger partial charge in [-0.3, -0.25) is 4.79 Å². The van der Waals surface area contributed by atoms with Gasteiger partial charge in [0.25, 0.3) is 5.91 Å². The Kier molecular flexibility index (Phi) is 5.41. The molecule has 0 spiro atoms. The fraction of sp³-hybridized carbons (Fsp3) is 0.421. The molecule has 5 heteroatoms. The van der Waals surface area contributed by atoms with Crippen LogP contribution in [0.2, 0.25) is 0 Å². The van der Waals surface area contributed by atoms with E-state index in [9.17, 15) is 4.79 Å². The number of aromatic nitrogens is 2. The first kappa shape index (κ1) is 16.4. The summed E-state index contributed by atoms with van der Waals surface area (Å²) in [6, 6.07) is 12.0. The molecule has 0 atom stereocenters. The monoisotopic (exact) mass is 324 g/mol. The summed E-state index contributed by atoms with van der Waals surface area (Å²) in [7, 11) is 0. The fourth-order valence-corrected chi connectivity index (χ4v) is 3.01. The molecule has 1 aliphatic rings. The predicted octanol–water partition coefficient (Wildman–Crippen LogP) is 2.75. The molecule has 0 radical (unpaired) electrons. The Morgan fingerprint density at radius 1 is 1.12 bits per heavy atom. The number of piperidine rings is 1. The fourth-order valence-electron chi connectivity index (χ4n) is 3.01. The second-order valence-corrected chi connectivity index (χ2v) is 6.20. The Morgan fingerprint density at radius 3 is 2.62 bits per heavy atom. The van der Waals surface area contributed by atoms with Crippen LogP contribution in [0.15, 0.2) is 36.4 Å². The van der Waals surface area contributed by atoms with E-state index in [1.165, 1.54) is 24.8 Å². The van der Waals surface area contributed by atoms with Crippen LogP contribution in [0.4, 0.5) is 5.82 Å². The van der Waals surface area contributed by atoms with Crippen LogP contribution in [0.1, 0.15) is 41.1 Å². The number of rotatable bonds is 5. The molecule has 1 amide bonds. The van der Waals surface area contributed by atoms with Gasteiger partial charge < -0.3 is 10.2 Å². The van der Waals surface area contributed by atoms with Crippen molar-refractivity contribution in [3.05, 3.63) is 53.5 Å². The topological polar surface area (TPSA) is 58.1 Å². The zero-order chi connectivity index (χ0) is 16.8. The maximum atomic E-state index is 12.4. The zero-order valence-corrected chi connectivity index (χ0v) is 14.2. The summed E-state index contributed by atoms with van der Waals surface area (Å²) in [5.74, 6) is 1.39. The number of anilines is 1. The molecule has 3 rings (SSSR count). The molecule has 0 unspecified atom stereocenters. The summed E-state index contributed by atoms with van der Waals surface area (Å²) in [4.78, 5) is 23.5. The number of nitrogens with zero attached hydrogens (tertiary/aromatic N) is 3. The molecule has 1 aliphatic heterocycles. The highest BCUT2D eigenvalue weighted by Crippen LogP contribution is 2.18. The Balaban J connectivity index is 1.62. The summed E-state index contributed by atoms with van der Waals surface area (Å²) >= 11 is 0. The number of hydrogen-bond donors (Lipinski definition) is 1. The van der Waals surface area contributed by atoms with Gasteiger partial charge in [-0.2, -0.15) is 0 Å². The molecule has 1 fully saturated rings. The normalized spacial score (nSPS) is 14.5. The SMILES string of the molecule is Cc1nc(C(=O)NCCc2ccccc2)cc(N2CCCCC2)n1. The minimum Gasteiger partial charge on any atom is -0.356 e. The smallest absolute Gasteiger partial charge is 0.270 e. The number of aryl methyl sites for hydroxylation is 1. The molecule has 1 aromatic carbocycles. The molecule has 2 heterocycles. The summed E-state index contributed by atoms with van der Waals surface area (Å²) in [6.07, 6.45) is 4.45. The van der Waals surface area contributed by atoms with Gasteiger partial charge in [0, 0.05) is 25.7 Å². The van der Waals surface area contributed by atoms with Gasteiger partial charge in [0.05, 0.1) is 0 Å². The Bertz CT molecular complexity index is 681. The quantitative estimate of drug-likeness (QED) is 0.919. The zero-order valence-electron chi connectivity index (χ0n) is 14.2. The van der Waals surface area contributed by atoms with Crippen molar-refractivity contribution in [1.82, 2.24) is 15.3 Å². The minimum absolute atomic E-state index is 0.130. The number of nitrogens with one attached hydrogen (secondary N) is 1. The Morgan fingerprint density at radius 2 is 1.88 bits per heavy atom. The van der Waals surface area contributed by atoms with Crippen LogP contribution in [0.3, 0.4) is 0 Å². The van der Waals surface area contributed by atoms with Gasteiger partial charge in [0.15, 0.2) is 0 Å². The molecule has 126 valence electrons. The molecule has 5 nitrogen and oxygen atoms in total. The molecule has 2 aromatic rings. The van der Waals surface area contributed by atoms with Crippen molar-refractivity contribution in [3.8, 4) is 0 Å². The van der Waals surface area contributed by atoms with Crippen molar-refractivity contribution in [2.24, 2.45) is 0 Å². The van der Waals surface area contributed by atoms with Crippen LogP contribution in [-0.4, -0.2) is 35.5 Å². The van der Waals surface area contributed by atoms with Gasteiger partial charge in [-0.25, -0.2) is 9.97 Å². The summed E-state index contributed by atoms with van der Waals surface area (Å²) in [5.41, 5.74) is 1.67. The van der Waals surface area contributed by atoms with E-state index in [4.69, 9.17) is 0 Å². The maximum absolute atomic E-state index is 12.4. The lowest BCUT2D eigenvalue weighted by atomic mass is 10.1. The number of amides is 1. The number of carbonyl (C=O) groups excluding carboxylic acids is 1. The van der Waals surface area contributed by atoms with E-state index in [2.05, 4.69) is 32.3 Å². The third-order valence-corrected chi connectivity index (χ3v) is 4.28. The van der Waals surface area contributed by atoms with E-state index in [0.717, 1.165) is 25.3 Å². The molecule has 1 aromatic heterocycles. The Hall–Kier alpha value is -2.43. The minimum atomic E-state index is -0.130. The maximum Gasteiger partial charge on any atom is 0.270 e. The first-order valence-corrected chi connectivity index (χ1v) is 8.65. The van der Waals surface area contributed by atoms with E-state index in [-0.39, 0.29) is 5.91 Å². The van der Waals surface area contributed by atoms with Gasteiger partial charge in [-0.15, -0.1) is 0 Å². The van der Waals surface area contributed by atoms with E-state index >= 15 is 0 Å². The second-order valence-electron chi connectivity index (χ2n) is 6.20. The average Bonchev–Trinajstić information content (AvgIpc) is 2.63. The standard InChI is InChI=1S/C19H24N4O/c1-15-21-17(14-18(22-15)23-12-6-3-7-13-23)19(24)20-11-10-16-8-4-2-5-9-16/h2,4-5,8-9,14H,3,6-7,10-13H2,1H3,(H,20,24). The van der Waals surface area contributed by atoms with Crippen LogP contribution < -0.4 is 10.2 Å². The summed E-state index contributed by atoms with van der Waals surface area (Å²) < 4.78 is 0. The first-order chi connectivity index (χ1) is 11.7. The van der Waals surface area contributed by atoms with Gasteiger partial charge in [-0.1, -0.05) is 30.3 Å². The summed E-state index contributed by atoms with van der Waals surface area (Å²) in [6.45, 7) is 4.45. The molecule has 1 N–H and O–H groups in total. The first-order valence-electron chi connectivity index (χ1n) is 8.65. The molecular weight excluding hydrogens is 300 g/mol. The third-order valence-electron chi connectivity index (χ3n) is 4.28. The van der Waals surface area contributed by atoms with Crippen molar-refractivity contribution < 1.29 is 4.79 Å². The molecule has 1 saturated heterocycles. The van der Waals surface area contributed by atoms with Gasteiger partial charge in [0.1, 0.15) is 17.3 Å². The van der Waals surface area contributed by atoms with E-state index in [1.54, 1.807) is 0 Å². The van der Waals surface area contributed by atoms with Crippen LogP contribution >= 0.6 is 0 Å². The van der Waals surface area contributed by atoms with E-state index in [0.29, 0.717) is 18.1 Å². The number of carbonyl (C=O) groups is 1. The highest BCUT2D eigenvalue weighted by atomic mass is 16.1. The van der Waals surface area contributed by atoms with Crippen molar-refractivity contribution in [2.75, 3.05) is 24.5 Å². The van der Waals surface area contributed by atoms with E-state index in [1.807, 2.05) is 31.2 Å². The number of benzene rings is 1. The van der Waals surface area contributed by atoms with Crippen molar-refractivity contribution in [1.29, 1.82) is 0 Å². The summed E-state index contributed by atoms with van der Waals surface area (Å²) in [5, 5.41) is 2.96. The molecule has 24 heavy (non-hydrogen) atoms. The van der Waals surface area contributed by atoms with Gasteiger partial charge >= 0.3 is 0 Å². The highest BCUT2D eigenvalue weighted by molar-refractivity contribution is 5.92. The molecule has 0 saturated carbocycles. The predicted molar refractivity (Wildman–Crippen MR) is 95.3 cm³/mol. The van der Waals surface area contributed by atoms with Crippen molar-refractivity contribution in [3.63, 3.8) is 0 Å². The second kappa shape index (κ2) is 7.90. The van der Waals surface area contributed by atoms with Crippen molar-refractivity contribution in [2.45, 2.75) is 32.6 Å². The lowest BCUT2D eigenvalue weighted by Gasteiger charge is -2.28. The van der Waals surface area contributed by atoms with Crippen LogP contribution in [0.5, 0.6) is 0 Å². The Labute approximate surface area is 143 Å². The van der Waals surface area contributed by atoms with Crippen LogP contribution in [0, 0.1) is 6.92 Å². The van der Waals surface area contributed by atoms with E-state index < -0.39 is 0 Å². The molecular formula is C19H24N4O. The number of hydrogen-bond acceptors (Lipinski definition) is 4. The van der Waals surface area contributed by atoms with Gasteiger partial charge in [-0.05, 0) is 38.2 Å². The van der Waals surface area contributed by atoms with Crippen LogP contribution in [-0.2, 0) is 6.42 Å². The largest absolute Gasteiger partial charge is 0.356 e. The third kappa shape index (κ3) is 4.31. The highest BCUT2D eigenvalue weighted by Gasteiger charge is 2.16. The average molecular weight is 324 g/mol. The lowest BCUT2D eigenvalue weighted by molar-refractivity contribution is 0.0948. The van der Waals surface area contributed by atoms with Gasteiger partial charge in [0.2, 0.25) is 0 Å². The molecule has 0 bridgehead atoms. The molecule has 0 aliphatic carbocycles. The lowest BCUT2D eigenvalue weighted by Crippen LogP contribution is -2.32. The van der Waals surface area contributed by atoms with Crippen LogP contribution in [0.25, 0.3) is 0 Å². The van der Waals surface area contributed by atoms with Crippen molar-refractivity contribution >= 4 is 11.7 Å².